The minimum atomic E-state index is 0.131. The van der Waals surface area contributed by atoms with Gasteiger partial charge < -0.3 is 9.64 Å². The van der Waals surface area contributed by atoms with E-state index in [1.807, 2.05) is 23.1 Å². The van der Waals surface area contributed by atoms with E-state index in [0.717, 1.165) is 37.1 Å². The molecule has 0 N–H and O–H groups in total. The van der Waals surface area contributed by atoms with E-state index in [4.69, 9.17) is 4.74 Å². The summed E-state index contributed by atoms with van der Waals surface area (Å²) < 4.78 is 5.51. The number of hydrogen-bond acceptors (Lipinski definition) is 2. The van der Waals surface area contributed by atoms with Gasteiger partial charge in [0.25, 0.3) is 0 Å². The predicted octanol–water partition coefficient (Wildman–Crippen LogP) is 2.91. The number of amides is 1. The highest BCUT2D eigenvalue weighted by Gasteiger charge is 2.34. The van der Waals surface area contributed by atoms with Gasteiger partial charge in [0, 0.05) is 30.8 Å². The average Bonchev–Trinajstić information content (AvgIpc) is 2.35. The average molecular weight is 245 g/mol. The Labute approximate surface area is 108 Å². The molecule has 0 spiro atoms. The molecule has 0 aromatic heterocycles. The minimum absolute atomic E-state index is 0.131. The summed E-state index contributed by atoms with van der Waals surface area (Å²) in [6.07, 6.45) is 4.35. The highest BCUT2D eigenvalue weighted by atomic mass is 16.5. The van der Waals surface area contributed by atoms with Crippen LogP contribution in [-0.4, -0.2) is 19.6 Å². The molecule has 1 aromatic carbocycles. The third-order valence-corrected chi connectivity index (χ3v) is 4.19. The lowest BCUT2D eigenvalue weighted by Gasteiger charge is -2.37. The fourth-order valence-electron chi connectivity index (χ4n) is 2.88. The number of methoxy groups -OCH3 is 1. The molecular weight excluding hydrogens is 226 g/mol. The molecule has 3 rings (SSSR count). The number of para-hydroxylation sites is 1. The van der Waals surface area contributed by atoms with Crippen LogP contribution in [0.1, 0.15) is 37.4 Å². The van der Waals surface area contributed by atoms with E-state index < -0.39 is 0 Å². The van der Waals surface area contributed by atoms with Crippen LogP contribution in [0.2, 0.25) is 0 Å². The minimum Gasteiger partial charge on any atom is -0.377 e. The first-order valence-corrected chi connectivity index (χ1v) is 6.74. The standard InChI is InChI=1S/C15H19NO2/c1-18-14-9-10-16(15(17)11-5-4-6-11)13-8-3-2-7-12(13)14/h2-3,7-8,11,14H,4-6,9-10H2,1H3. The lowest BCUT2D eigenvalue weighted by molar-refractivity contribution is -0.124. The molecule has 1 amide bonds. The van der Waals surface area contributed by atoms with Crippen LogP contribution in [0.3, 0.4) is 0 Å². The molecule has 1 atom stereocenters. The molecule has 18 heavy (non-hydrogen) atoms. The van der Waals surface area contributed by atoms with Crippen molar-refractivity contribution in [3.05, 3.63) is 29.8 Å². The van der Waals surface area contributed by atoms with Crippen LogP contribution in [0.15, 0.2) is 24.3 Å². The van der Waals surface area contributed by atoms with Crippen molar-refractivity contribution in [3.8, 4) is 0 Å². The van der Waals surface area contributed by atoms with Gasteiger partial charge >= 0.3 is 0 Å². The number of fused-ring (bicyclic) bond motifs is 1. The molecule has 1 fully saturated rings. The van der Waals surface area contributed by atoms with Gasteiger partial charge in [0.05, 0.1) is 6.10 Å². The second-order valence-corrected chi connectivity index (χ2v) is 5.19. The van der Waals surface area contributed by atoms with Crippen LogP contribution >= 0.6 is 0 Å². The molecule has 3 heteroatoms. The number of ether oxygens (including phenoxy) is 1. The Hall–Kier alpha value is -1.35. The van der Waals surface area contributed by atoms with E-state index in [-0.39, 0.29) is 12.0 Å². The Morgan fingerprint density at radius 1 is 1.28 bits per heavy atom. The summed E-state index contributed by atoms with van der Waals surface area (Å²) in [7, 11) is 1.74. The Balaban J connectivity index is 1.91. The van der Waals surface area contributed by atoms with E-state index in [1.54, 1.807) is 7.11 Å². The summed E-state index contributed by atoms with van der Waals surface area (Å²) >= 11 is 0. The van der Waals surface area contributed by atoms with Gasteiger partial charge in [0.1, 0.15) is 0 Å². The van der Waals surface area contributed by atoms with Gasteiger partial charge in [0.2, 0.25) is 5.91 Å². The van der Waals surface area contributed by atoms with E-state index >= 15 is 0 Å². The van der Waals surface area contributed by atoms with Crippen LogP contribution in [0.5, 0.6) is 0 Å². The second kappa shape index (κ2) is 4.73. The first-order chi connectivity index (χ1) is 8.81. The number of carbonyl (C=O) groups is 1. The molecule has 1 unspecified atom stereocenters. The molecule has 2 aliphatic rings. The van der Waals surface area contributed by atoms with E-state index in [1.165, 1.54) is 6.42 Å². The van der Waals surface area contributed by atoms with Crippen molar-refractivity contribution in [1.82, 2.24) is 0 Å². The Kier molecular flexibility index (Phi) is 3.08. The molecule has 1 aliphatic carbocycles. The summed E-state index contributed by atoms with van der Waals surface area (Å²) in [6, 6.07) is 8.13. The zero-order chi connectivity index (χ0) is 12.5. The molecule has 0 radical (unpaired) electrons. The first-order valence-electron chi connectivity index (χ1n) is 6.74. The monoisotopic (exact) mass is 245 g/mol. The van der Waals surface area contributed by atoms with Gasteiger partial charge in [-0.15, -0.1) is 0 Å². The third-order valence-electron chi connectivity index (χ3n) is 4.19. The van der Waals surface area contributed by atoms with Gasteiger partial charge in [-0.25, -0.2) is 0 Å². The molecule has 0 bridgehead atoms. The highest BCUT2D eigenvalue weighted by molar-refractivity contribution is 5.96. The number of hydrogen-bond donors (Lipinski definition) is 0. The SMILES string of the molecule is COC1CCN(C(=O)C2CCC2)c2ccccc21. The molecule has 1 heterocycles. The van der Waals surface area contributed by atoms with Gasteiger partial charge in [-0.05, 0) is 25.3 Å². The maximum Gasteiger partial charge on any atom is 0.230 e. The lowest BCUT2D eigenvalue weighted by Crippen LogP contribution is -2.42. The zero-order valence-electron chi connectivity index (χ0n) is 10.8. The van der Waals surface area contributed by atoms with Crippen molar-refractivity contribution >= 4 is 11.6 Å². The van der Waals surface area contributed by atoms with Crippen LogP contribution in [0.25, 0.3) is 0 Å². The number of rotatable bonds is 2. The predicted molar refractivity (Wildman–Crippen MR) is 70.5 cm³/mol. The summed E-state index contributed by atoms with van der Waals surface area (Å²) in [5.41, 5.74) is 2.20. The Bertz CT molecular complexity index is 454. The Morgan fingerprint density at radius 2 is 2.06 bits per heavy atom. The van der Waals surface area contributed by atoms with Crippen LogP contribution in [-0.2, 0) is 9.53 Å². The van der Waals surface area contributed by atoms with Gasteiger partial charge in [-0.3, -0.25) is 4.79 Å². The quantitative estimate of drug-likeness (QED) is 0.801. The molecule has 3 nitrogen and oxygen atoms in total. The molecule has 96 valence electrons. The maximum absolute atomic E-state index is 12.4. The van der Waals surface area contributed by atoms with Crippen molar-refractivity contribution in [1.29, 1.82) is 0 Å². The fourth-order valence-corrected chi connectivity index (χ4v) is 2.88. The molecule has 0 saturated heterocycles. The normalized spacial score (nSPS) is 23.4. The molecular formula is C15H19NO2. The third kappa shape index (κ3) is 1.83. The zero-order valence-corrected chi connectivity index (χ0v) is 10.8. The van der Waals surface area contributed by atoms with E-state index in [9.17, 15) is 4.79 Å². The molecule has 1 aromatic rings. The number of anilines is 1. The van der Waals surface area contributed by atoms with E-state index in [2.05, 4.69) is 6.07 Å². The fraction of sp³-hybridized carbons (Fsp3) is 0.533. The summed E-state index contributed by atoms with van der Waals surface area (Å²) in [5, 5.41) is 0. The van der Waals surface area contributed by atoms with Gasteiger partial charge in [-0.2, -0.15) is 0 Å². The van der Waals surface area contributed by atoms with Gasteiger partial charge in [-0.1, -0.05) is 24.6 Å². The van der Waals surface area contributed by atoms with Crippen molar-refractivity contribution < 1.29 is 9.53 Å². The largest absolute Gasteiger partial charge is 0.377 e. The van der Waals surface area contributed by atoms with Crippen molar-refractivity contribution in [2.45, 2.75) is 31.8 Å². The number of carbonyl (C=O) groups excluding carboxylic acids is 1. The summed E-state index contributed by atoms with van der Waals surface area (Å²) in [6.45, 7) is 0.783. The maximum atomic E-state index is 12.4. The first kappa shape index (κ1) is 11.7. The summed E-state index contributed by atoms with van der Waals surface area (Å²) in [5.74, 6) is 0.570. The summed E-state index contributed by atoms with van der Waals surface area (Å²) in [4.78, 5) is 14.4. The number of nitrogens with zero attached hydrogens (tertiary/aromatic N) is 1. The van der Waals surface area contributed by atoms with Crippen LogP contribution in [0.4, 0.5) is 5.69 Å². The van der Waals surface area contributed by atoms with Crippen molar-refractivity contribution in [3.63, 3.8) is 0 Å². The van der Waals surface area contributed by atoms with Crippen molar-refractivity contribution in [2.24, 2.45) is 5.92 Å². The topological polar surface area (TPSA) is 29.5 Å². The van der Waals surface area contributed by atoms with Crippen LogP contribution in [0, 0.1) is 5.92 Å². The smallest absolute Gasteiger partial charge is 0.230 e. The van der Waals surface area contributed by atoms with Crippen LogP contribution < -0.4 is 4.90 Å². The second-order valence-electron chi connectivity index (χ2n) is 5.19. The van der Waals surface area contributed by atoms with Crippen molar-refractivity contribution in [2.75, 3.05) is 18.6 Å². The lowest BCUT2D eigenvalue weighted by atomic mass is 9.83. The molecule has 1 saturated carbocycles. The van der Waals surface area contributed by atoms with Gasteiger partial charge in [0.15, 0.2) is 0 Å². The number of benzene rings is 1. The van der Waals surface area contributed by atoms with E-state index in [0.29, 0.717) is 5.91 Å². The molecule has 1 aliphatic heterocycles. The highest BCUT2D eigenvalue weighted by Crippen LogP contribution is 2.38. The Morgan fingerprint density at radius 3 is 2.72 bits per heavy atom.